The molecule has 0 N–H and O–H groups in total. The van der Waals surface area contributed by atoms with E-state index in [0.717, 1.165) is 11.3 Å². The number of fused-ring (bicyclic) bond motifs is 1. The zero-order chi connectivity index (χ0) is 25.6. The second-order valence-corrected chi connectivity index (χ2v) is 7.58. The van der Waals surface area contributed by atoms with E-state index in [0.29, 0.717) is 24.5 Å². The molecule has 3 rings (SSSR count). The van der Waals surface area contributed by atoms with Gasteiger partial charge in [-0.25, -0.2) is 0 Å². The number of para-hydroxylation sites is 1. The van der Waals surface area contributed by atoms with Gasteiger partial charge in [0.2, 0.25) is 6.79 Å². The molecule has 1 atom stereocenters. The molecule has 0 aliphatic carbocycles. The average molecular weight is 470 g/mol. The fraction of sp³-hybridized carbons (Fsp3) is 0.500. The van der Waals surface area contributed by atoms with E-state index in [1.807, 2.05) is 64.1 Å². The molecule has 1 fully saturated rings. The number of likely N-dealkylation sites (N-methyl/N-ethyl adjacent to an activating group) is 1. The quantitative estimate of drug-likeness (QED) is 0.312. The summed E-state index contributed by atoms with van der Waals surface area (Å²) in [5.74, 6) is 1.32. The maximum atomic E-state index is 13.6. The standard InChI is InChI=1S/C21H25N3O3.C5H12.C2H6/c1-5-18-19(27-15-26-18)12-13-21(23(6-2)14-22-4)16-10-8-9-11-17(16)24(7-3)20(21)25;1-3-5-4-2;1-2/h5-6,8-12,14H,2,7,13,15H2,1,3-4H3;3-5H2,1-2H3;1-2H3/b18-5+,19-12+,22-14?;;. The van der Waals surface area contributed by atoms with Crippen LogP contribution in [0.25, 0.3) is 0 Å². The zero-order valence-electron chi connectivity index (χ0n) is 22.1. The number of carbonyl (C=O) groups is 1. The van der Waals surface area contributed by atoms with E-state index >= 15 is 0 Å². The lowest BCUT2D eigenvalue weighted by Gasteiger charge is -2.36. The first-order chi connectivity index (χ1) is 16.5. The van der Waals surface area contributed by atoms with Crippen molar-refractivity contribution in [3.63, 3.8) is 0 Å². The molecule has 2 aliphatic rings. The number of amides is 1. The van der Waals surface area contributed by atoms with Gasteiger partial charge in [0.05, 0.1) is 6.34 Å². The molecule has 2 aliphatic heterocycles. The highest BCUT2D eigenvalue weighted by molar-refractivity contribution is 6.09. The molecule has 188 valence electrons. The van der Waals surface area contributed by atoms with Crippen molar-refractivity contribution < 1.29 is 14.3 Å². The van der Waals surface area contributed by atoms with Gasteiger partial charge in [-0.3, -0.25) is 9.79 Å². The molecular weight excluding hydrogens is 426 g/mol. The zero-order valence-corrected chi connectivity index (χ0v) is 22.1. The van der Waals surface area contributed by atoms with Crippen LogP contribution in [-0.4, -0.2) is 37.5 Å². The fourth-order valence-electron chi connectivity index (χ4n) is 4.08. The van der Waals surface area contributed by atoms with E-state index in [9.17, 15) is 4.79 Å². The molecule has 0 spiro atoms. The van der Waals surface area contributed by atoms with Crippen molar-refractivity contribution in [2.24, 2.45) is 4.99 Å². The summed E-state index contributed by atoms with van der Waals surface area (Å²) in [5.41, 5.74) is 0.870. The van der Waals surface area contributed by atoms with E-state index < -0.39 is 5.54 Å². The van der Waals surface area contributed by atoms with Crippen LogP contribution in [0.5, 0.6) is 0 Å². The number of nitrogens with zero attached hydrogens (tertiary/aromatic N) is 3. The van der Waals surface area contributed by atoms with Gasteiger partial charge in [-0.1, -0.05) is 71.7 Å². The summed E-state index contributed by atoms with van der Waals surface area (Å²) in [6, 6.07) is 7.86. The summed E-state index contributed by atoms with van der Waals surface area (Å²) in [6.07, 6.45) is 11.5. The van der Waals surface area contributed by atoms with E-state index in [4.69, 9.17) is 9.47 Å². The van der Waals surface area contributed by atoms with Gasteiger partial charge in [-0.15, -0.1) is 0 Å². The SMILES string of the molecule is C=CN(C=NC)C1(C/C=C2/OCO/C2=C/C)C(=O)N(CC)c2ccccc21.CC.CCCCC. The summed E-state index contributed by atoms with van der Waals surface area (Å²) in [6.45, 7) is 17.0. The van der Waals surface area contributed by atoms with Crippen LogP contribution in [0, 0.1) is 0 Å². The molecule has 1 saturated heterocycles. The van der Waals surface area contributed by atoms with Crippen molar-refractivity contribution >= 4 is 17.9 Å². The Morgan fingerprint density at radius 2 is 1.79 bits per heavy atom. The molecule has 6 heteroatoms. The van der Waals surface area contributed by atoms with Crippen molar-refractivity contribution in [3.05, 3.63) is 66.3 Å². The maximum absolute atomic E-state index is 13.6. The molecule has 6 nitrogen and oxygen atoms in total. The number of allylic oxidation sites excluding steroid dienone is 1. The van der Waals surface area contributed by atoms with Gasteiger partial charge in [-0.05, 0) is 38.3 Å². The predicted octanol–water partition coefficient (Wildman–Crippen LogP) is 6.76. The van der Waals surface area contributed by atoms with Crippen LogP contribution in [0.2, 0.25) is 0 Å². The second kappa shape index (κ2) is 15.0. The van der Waals surface area contributed by atoms with Crippen LogP contribution in [0.3, 0.4) is 0 Å². The number of unbranched alkanes of at least 4 members (excludes halogenated alkanes) is 2. The van der Waals surface area contributed by atoms with Gasteiger partial charge in [0.15, 0.2) is 17.1 Å². The molecular formula is C28H43N3O3. The lowest BCUT2D eigenvalue weighted by Crippen LogP contribution is -2.50. The minimum Gasteiger partial charge on any atom is -0.454 e. The van der Waals surface area contributed by atoms with E-state index in [2.05, 4.69) is 25.4 Å². The Kier molecular flexibility index (Phi) is 12.8. The third kappa shape index (κ3) is 6.10. The third-order valence-corrected chi connectivity index (χ3v) is 5.66. The minimum atomic E-state index is -0.967. The number of anilines is 1. The summed E-state index contributed by atoms with van der Waals surface area (Å²) in [7, 11) is 1.68. The van der Waals surface area contributed by atoms with Gasteiger partial charge in [-0.2, -0.15) is 0 Å². The van der Waals surface area contributed by atoms with E-state index in [-0.39, 0.29) is 12.7 Å². The number of hydrogen-bond donors (Lipinski definition) is 0. The van der Waals surface area contributed by atoms with Gasteiger partial charge in [0.25, 0.3) is 5.91 Å². The lowest BCUT2D eigenvalue weighted by molar-refractivity contribution is -0.126. The Morgan fingerprint density at radius 1 is 1.15 bits per heavy atom. The molecule has 1 unspecified atom stereocenters. The summed E-state index contributed by atoms with van der Waals surface area (Å²) >= 11 is 0. The Morgan fingerprint density at radius 3 is 2.32 bits per heavy atom. The Balaban J connectivity index is 0.000000733. The first kappa shape index (κ1) is 29.0. The normalized spacial score (nSPS) is 20.8. The molecule has 0 aromatic heterocycles. The molecule has 2 heterocycles. The first-order valence-corrected chi connectivity index (χ1v) is 12.4. The van der Waals surface area contributed by atoms with Crippen molar-refractivity contribution in [3.8, 4) is 0 Å². The summed E-state index contributed by atoms with van der Waals surface area (Å²) in [4.78, 5) is 21.3. The second-order valence-electron chi connectivity index (χ2n) is 7.58. The number of ether oxygens (including phenoxy) is 2. The molecule has 0 radical (unpaired) electrons. The van der Waals surface area contributed by atoms with Gasteiger partial charge >= 0.3 is 0 Å². The Bertz CT molecular complexity index is 873. The van der Waals surface area contributed by atoms with Gasteiger partial charge in [0.1, 0.15) is 0 Å². The highest BCUT2D eigenvalue weighted by atomic mass is 16.7. The first-order valence-electron chi connectivity index (χ1n) is 12.4. The van der Waals surface area contributed by atoms with Crippen molar-refractivity contribution in [2.45, 2.75) is 72.8 Å². The Labute approximate surface area is 206 Å². The maximum Gasteiger partial charge on any atom is 0.258 e. The number of hydrogen-bond acceptors (Lipinski definition) is 4. The average Bonchev–Trinajstić information content (AvgIpc) is 3.43. The smallest absolute Gasteiger partial charge is 0.258 e. The largest absolute Gasteiger partial charge is 0.454 e. The van der Waals surface area contributed by atoms with Gasteiger partial charge in [0, 0.05) is 31.3 Å². The third-order valence-electron chi connectivity index (χ3n) is 5.66. The highest BCUT2D eigenvalue weighted by Gasteiger charge is 2.53. The van der Waals surface area contributed by atoms with Crippen LogP contribution in [0.1, 0.15) is 72.8 Å². The van der Waals surface area contributed by atoms with Crippen molar-refractivity contribution in [1.82, 2.24) is 4.90 Å². The highest BCUT2D eigenvalue weighted by Crippen LogP contribution is 2.46. The minimum absolute atomic E-state index is 0.0104. The topological polar surface area (TPSA) is 54.4 Å². The Hall–Kier alpha value is -3.02. The lowest BCUT2D eigenvalue weighted by atomic mass is 9.86. The number of benzene rings is 1. The van der Waals surface area contributed by atoms with Crippen LogP contribution in [0.4, 0.5) is 5.69 Å². The van der Waals surface area contributed by atoms with Crippen LogP contribution >= 0.6 is 0 Å². The summed E-state index contributed by atoms with van der Waals surface area (Å²) < 4.78 is 11.0. The number of rotatable bonds is 8. The number of aliphatic imine (C=N–C) groups is 1. The monoisotopic (exact) mass is 469 g/mol. The molecule has 0 bridgehead atoms. The molecule has 34 heavy (non-hydrogen) atoms. The van der Waals surface area contributed by atoms with Crippen LogP contribution < -0.4 is 4.90 Å². The molecule has 1 amide bonds. The predicted molar refractivity (Wildman–Crippen MR) is 143 cm³/mol. The van der Waals surface area contributed by atoms with Crippen molar-refractivity contribution in [1.29, 1.82) is 0 Å². The van der Waals surface area contributed by atoms with Gasteiger partial charge < -0.3 is 19.3 Å². The number of carbonyl (C=O) groups excluding carboxylic acids is 1. The van der Waals surface area contributed by atoms with E-state index in [1.165, 1.54) is 19.3 Å². The molecule has 1 aromatic rings. The summed E-state index contributed by atoms with van der Waals surface area (Å²) in [5, 5.41) is 0. The molecule has 1 aromatic carbocycles. The van der Waals surface area contributed by atoms with Crippen LogP contribution in [0.15, 0.2) is 65.7 Å². The van der Waals surface area contributed by atoms with E-state index in [1.54, 1.807) is 29.4 Å². The molecule has 0 saturated carbocycles. The van der Waals surface area contributed by atoms with Crippen molar-refractivity contribution in [2.75, 3.05) is 25.3 Å². The van der Waals surface area contributed by atoms with Crippen LogP contribution in [-0.2, 0) is 19.8 Å². The fourth-order valence-corrected chi connectivity index (χ4v) is 4.08.